The number of hydrogen-bond donors (Lipinski definition) is 1. The van der Waals surface area contributed by atoms with Gasteiger partial charge in [0.1, 0.15) is 5.69 Å². The van der Waals surface area contributed by atoms with Gasteiger partial charge in [-0.25, -0.2) is 23.1 Å². The molecular formula is C17H18ClN7O3S. The summed E-state index contributed by atoms with van der Waals surface area (Å²) < 4.78 is 35.0. The van der Waals surface area contributed by atoms with Crippen molar-refractivity contribution >= 4 is 27.6 Å². The van der Waals surface area contributed by atoms with Crippen LogP contribution >= 0.6 is 11.6 Å². The van der Waals surface area contributed by atoms with Gasteiger partial charge in [-0.1, -0.05) is 24.2 Å². The summed E-state index contributed by atoms with van der Waals surface area (Å²) in [5.74, 6) is 0.570. The van der Waals surface area contributed by atoms with Crippen LogP contribution in [-0.2, 0) is 21.3 Å². The van der Waals surface area contributed by atoms with Crippen molar-refractivity contribution in [2.24, 2.45) is 0 Å². The summed E-state index contributed by atoms with van der Waals surface area (Å²) in [6.07, 6.45) is 3.20. The molecule has 0 aliphatic carbocycles. The molecule has 1 N–H and O–H groups in total. The molecule has 0 radical (unpaired) electrons. The van der Waals surface area contributed by atoms with E-state index in [1.807, 2.05) is 6.92 Å². The monoisotopic (exact) mass is 435 g/mol. The van der Waals surface area contributed by atoms with Gasteiger partial charge in [0.05, 0.1) is 9.93 Å². The molecule has 0 spiro atoms. The Morgan fingerprint density at radius 1 is 1.28 bits per heavy atom. The second-order valence-electron chi connectivity index (χ2n) is 5.75. The highest BCUT2D eigenvalue weighted by Gasteiger charge is 2.30. The standard InChI is InChI=1S/C17H18ClN7O3S/c1-4-25-16(13-7-5-6-8-19-13)22-23-17(25)24-29(26,27)11(2)14(28-3)15-20-9-12(18)10-21-15/h5-10,14H,2,4H2,1,3H3,(H,23,24)/t14-/m0/s1. The molecule has 0 aromatic carbocycles. The lowest BCUT2D eigenvalue weighted by Crippen LogP contribution is -2.23. The summed E-state index contributed by atoms with van der Waals surface area (Å²) in [6.45, 7) is 5.90. The Balaban J connectivity index is 1.90. The molecule has 0 fully saturated rings. The Bertz CT molecular complexity index is 1100. The van der Waals surface area contributed by atoms with E-state index in [-0.39, 0.29) is 16.7 Å². The van der Waals surface area contributed by atoms with E-state index in [0.717, 1.165) is 0 Å². The van der Waals surface area contributed by atoms with E-state index >= 15 is 0 Å². The largest absolute Gasteiger partial charge is 0.368 e. The van der Waals surface area contributed by atoms with Crippen LogP contribution in [0.5, 0.6) is 0 Å². The van der Waals surface area contributed by atoms with Crippen molar-refractivity contribution in [1.29, 1.82) is 0 Å². The molecule has 3 heterocycles. The predicted molar refractivity (Wildman–Crippen MR) is 107 cm³/mol. The number of nitrogens with zero attached hydrogens (tertiary/aromatic N) is 6. The van der Waals surface area contributed by atoms with Crippen LogP contribution in [0.1, 0.15) is 18.9 Å². The van der Waals surface area contributed by atoms with Gasteiger partial charge >= 0.3 is 0 Å². The lowest BCUT2D eigenvalue weighted by Gasteiger charge is -2.17. The van der Waals surface area contributed by atoms with Gasteiger partial charge in [-0.15, -0.1) is 10.2 Å². The first-order valence-electron chi connectivity index (χ1n) is 8.43. The SMILES string of the molecule is C=C([C@H](OC)c1ncc(Cl)cn1)S(=O)(=O)Nc1nnc(-c2ccccn2)n1CC. The summed E-state index contributed by atoms with van der Waals surface area (Å²) in [5, 5.41) is 8.32. The Morgan fingerprint density at radius 3 is 2.59 bits per heavy atom. The highest BCUT2D eigenvalue weighted by molar-refractivity contribution is 7.96. The fourth-order valence-corrected chi connectivity index (χ4v) is 3.63. The minimum absolute atomic E-state index is 0.0289. The zero-order chi connectivity index (χ0) is 21.0. The van der Waals surface area contributed by atoms with E-state index < -0.39 is 16.1 Å². The molecule has 10 nitrogen and oxygen atoms in total. The van der Waals surface area contributed by atoms with Crippen LogP contribution in [0.3, 0.4) is 0 Å². The third kappa shape index (κ3) is 4.42. The first kappa shape index (κ1) is 20.8. The van der Waals surface area contributed by atoms with E-state index in [0.29, 0.717) is 23.1 Å². The van der Waals surface area contributed by atoms with Crippen LogP contribution in [0.4, 0.5) is 5.95 Å². The topological polar surface area (TPSA) is 125 Å². The lowest BCUT2D eigenvalue weighted by atomic mass is 10.3. The van der Waals surface area contributed by atoms with Crippen LogP contribution < -0.4 is 4.72 Å². The Morgan fingerprint density at radius 2 is 2.00 bits per heavy atom. The van der Waals surface area contributed by atoms with Crippen molar-refractivity contribution in [2.45, 2.75) is 19.6 Å². The summed E-state index contributed by atoms with van der Waals surface area (Å²) in [4.78, 5) is 12.0. The fraction of sp³-hybridized carbons (Fsp3) is 0.235. The number of nitrogens with one attached hydrogen (secondary N) is 1. The van der Waals surface area contributed by atoms with Crippen molar-refractivity contribution in [2.75, 3.05) is 11.8 Å². The quantitative estimate of drug-likeness (QED) is 0.571. The zero-order valence-corrected chi connectivity index (χ0v) is 17.2. The minimum atomic E-state index is -4.11. The molecule has 0 bridgehead atoms. The second kappa shape index (κ2) is 8.64. The van der Waals surface area contributed by atoms with E-state index in [1.165, 1.54) is 19.5 Å². The molecule has 3 rings (SSSR count). The number of rotatable bonds is 8. The maximum Gasteiger partial charge on any atom is 0.262 e. The fourth-order valence-electron chi connectivity index (χ4n) is 2.53. The smallest absolute Gasteiger partial charge is 0.262 e. The minimum Gasteiger partial charge on any atom is -0.368 e. The lowest BCUT2D eigenvalue weighted by molar-refractivity contribution is 0.131. The number of anilines is 1. The molecule has 0 aliphatic rings. The van der Waals surface area contributed by atoms with E-state index in [2.05, 4.69) is 36.5 Å². The average Bonchev–Trinajstić information content (AvgIpc) is 3.12. The molecule has 29 heavy (non-hydrogen) atoms. The predicted octanol–water partition coefficient (Wildman–Crippen LogP) is 2.45. The Kier molecular flexibility index (Phi) is 6.20. The highest BCUT2D eigenvalue weighted by Crippen LogP contribution is 2.27. The summed E-state index contributed by atoms with van der Waals surface area (Å²) in [5.41, 5.74) is 0.565. The Hall–Kier alpha value is -2.89. The zero-order valence-electron chi connectivity index (χ0n) is 15.6. The third-order valence-corrected chi connectivity index (χ3v) is 5.49. The van der Waals surface area contributed by atoms with Crippen LogP contribution in [0, 0.1) is 0 Å². The number of sulfonamides is 1. The summed E-state index contributed by atoms with van der Waals surface area (Å²) >= 11 is 5.78. The molecule has 0 amide bonds. The first-order valence-corrected chi connectivity index (χ1v) is 10.3. The number of halogens is 1. The summed E-state index contributed by atoms with van der Waals surface area (Å²) in [7, 11) is -2.78. The normalized spacial score (nSPS) is 12.5. The van der Waals surface area contributed by atoms with Gasteiger partial charge < -0.3 is 4.74 Å². The van der Waals surface area contributed by atoms with Crippen molar-refractivity contribution in [3.8, 4) is 11.5 Å². The van der Waals surface area contributed by atoms with Crippen molar-refractivity contribution in [1.82, 2.24) is 29.7 Å². The molecule has 152 valence electrons. The number of methoxy groups -OCH3 is 1. The van der Waals surface area contributed by atoms with Gasteiger partial charge in [0.25, 0.3) is 10.0 Å². The maximum atomic E-state index is 12.9. The highest BCUT2D eigenvalue weighted by atomic mass is 35.5. The van der Waals surface area contributed by atoms with Gasteiger partial charge in [-0.3, -0.25) is 9.55 Å². The molecule has 3 aromatic rings. The van der Waals surface area contributed by atoms with E-state index in [9.17, 15) is 8.42 Å². The molecule has 12 heteroatoms. The molecule has 0 saturated carbocycles. The van der Waals surface area contributed by atoms with Crippen LogP contribution in [0.25, 0.3) is 11.5 Å². The summed E-state index contributed by atoms with van der Waals surface area (Å²) in [6, 6.07) is 5.33. The molecule has 0 unspecified atom stereocenters. The number of aromatic nitrogens is 6. The number of hydrogen-bond acceptors (Lipinski definition) is 8. The first-order chi connectivity index (χ1) is 13.9. The van der Waals surface area contributed by atoms with Crippen molar-refractivity contribution in [3.63, 3.8) is 0 Å². The van der Waals surface area contributed by atoms with E-state index in [1.54, 1.807) is 29.0 Å². The van der Waals surface area contributed by atoms with Crippen LogP contribution in [0.2, 0.25) is 5.02 Å². The van der Waals surface area contributed by atoms with Gasteiger partial charge in [0, 0.05) is 32.2 Å². The van der Waals surface area contributed by atoms with Gasteiger partial charge in [-0.2, -0.15) is 0 Å². The van der Waals surface area contributed by atoms with Crippen molar-refractivity contribution in [3.05, 3.63) is 59.1 Å². The van der Waals surface area contributed by atoms with E-state index in [4.69, 9.17) is 16.3 Å². The third-order valence-electron chi connectivity index (χ3n) is 3.93. The van der Waals surface area contributed by atoms with Crippen LogP contribution in [-0.4, -0.2) is 45.2 Å². The molecule has 1 atom stereocenters. The molecule has 0 aliphatic heterocycles. The Labute approximate surface area is 172 Å². The molecular weight excluding hydrogens is 418 g/mol. The second-order valence-corrected chi connectivity index (χ2v) is 7.93. The number of ether oxygens (including phenoxy) is 1. The molecule has 3 aromatic heterocycles. The molecule has 0 saturated heterocycles. The van der Waals surface area contributed by atoms with Crippen molar-refractivity contribution < 1.29 is 13.2 Å². The average molecular weight is 436 g/mol. The van der Waals surface area contributed by atoms with Gasteiger partial charge in [-0.05, 0) is 19.1 Å². The van der Waals surface area contributed by atoms with Gasteiger partial charge in [0.15, 0.2) is 17.8 Å². The maximum absolute atomic E-state index is 12.9. The van der Waals surface area contributed by atoms with Gasteiger partial charge in [0.2, 0.25) is 5.95 Å². The van der Waals surface area contributed by atoms with Crippen LogP contribution in [0.15, 0.2) is 48.3 Å². The number of pyridine rings is 1.